The van der Waals surface area contributed by atoms with Crippen molar-refractivity contribution in [3.8, 4) is 45.7 Å². The normalized spacial score (nSPS) is 23.5. The first kappa shape index (κ1) is 100. The van der Waals surface area contributed by atoms with Crippen molar-refractivity contribution in [3.05, 3.63) is 169 Å². The van der Waals surface area contributed by atoms with Gasteiger partial charge in [0.25, 0.3) is 0 Å². The van der Waals surface area contributed by atoms with Crippen LogP contribution in [0.15, 0.2) is 151 Å². The number of ether oxygens (including phenoxy) is 8. The zero-order valence-electron chi connectivity index (χ0n) is 75.3. The van der Waals surface area contributed by atoms with Crippen molar-refractivity contribution in [1.29, 1.82) is 4.78 Å². The number of hydrogen-bond acceptors (Lipinski definition) is 22. The van der Waals surface area contributed by atoms with Crippen LogP contribution in [-0.2, 0) is 99.4 Å². The van der Waals surface area contributed by atoms with Crippen LogP contribution in [0.3, 0.4) is 0 Å². The highest BCUT2D eigenvalue weighted by Gasteiger charge is 2.53. The Labute approximate surface area is 792 Å². The standard InChI is InChI=1S/C36H46ClN5O6SSi.C30H41BClN3O7Si.C12H17BrN2OS.C7H6Br2.C5H12N2OS/c1-49(44,41-15-5-6-16-41)38-20-24-7-9-25(10-8-24)26-11-13-27(14-12-26)32-28(37)19-29-35(40-32)42(23-45-17-18-50(2,3)4)36(39-29)48-31-22-47-33-30(43)21-46-34(31)33;1-29(2)30(3,4)42-31(41-29)19-10-8-18(9-11-19)24-20(32)14-21-27(34-24)35(17-37-12-13-43(5,6)7)28(33-21)40-23-16-39-25-22(36)15-38-26(23)25;1-17(16,15-8-2-3-9-15)14-10-11-4-6-12(13)7-5-11;8-5-6-1-3-7(9)4-2-6;1-9(6,8)7-4-2-3-5-7/h7-14,19,30-31,33-34,43H,5-6,15-18,20-23H2,1-4H3;8-11,14,22-23,25-26,36H,12-13,15-17H2,1-7H3;4-7H,2-3,8-10H2,1H3;1-4H,5H2;6H,2-5H2,1H3/t30-,31-,33-,34-,49?;22-,23-,25-,26-;;;/m11.../s1. The lowest BCUT2D eigenvalue weighted by Crippen LogP contribution is -2.41. The van der Waals surface area contributed by atoms with E-state index in [-0.39, 0.29) is 45.5 Å². The number of imidazole rings is 2. The van der Waals surface area contributed by atoms with Gasteiger partial charge in [0.15, 0.2) is 23.5 Å². The summed E-state index contributed by atoms with van der Waals surface area (Å²) >= 11 is 23.7. The summed E-state index contributed by atoms with van der Waals surface area (Å²) in [4.78, 5) is 19.5. The molecule has 4 aromatic heterocycles. The molecule has 0 aliphatic carbocycles. The summed E-state index contributed by atoms with van der Waals surface area (Å²) in [5, 5.41) is 22.3. The largest absolute Gasteiger partial charge is 0.494 e. The highest BCUT2D eigenvalue weighted by molar-refractivity contribution is 9.10. The van der Waals surface area contributed by atoms with Crippen molar-refractivity contribution in [2.24, 2.45) is 8.73 Å². The smallest absolute Gasteiger partial charge is 0.456 e. The third-order valence-corrected chi connectivity index (χ3v) is 34.8. The molecule has 0 radical (unpaired) electrons. The van der Waals surface area contributed by atoms with E-state index in [0.29, 0.717) is 88.7 Å². The minimum atomic E-state index is -2.37. The van der Waals surface area contributed by atoms with E-state index < -0.39 is 101 Å². The van der Waals surface area contributed by atoms with Gasteiger partial charge in [0.2, 0.25) is 0 Å². The molecule has 696 valence electrons. The van der Waals surface area contributed by atoms with E-state index in [1.165, 1.54) is 11.8 Å². The molecule has 9 aromatic rings. The van der Waals surface area contributed by atoms with Crippen LogP contribution in [0.1, 0.15) is 82.9 Å². The fourth-order valence-electron chi connectivity index (χ4n) is 15.5. The van der Waals surface area contributed by atoms with Crippen molar-refractivity contribution in [2.45, 2.75) is 210 Å². The zero-order chi connectivity index (χ0) is 91.7. The Morgan fingerprint density at radius 1 is 0.500 bits per heavy atom. The Kier molecular flexibility index (Phi) is 34.2. The van der Waals surface area contributed by atoms with Gasteiger partial charge in [-0.15, -0.1) is 0 Å². The lowest BCUT2D eigenvalue weighted by Gasteiger charge is -2.32. The number of rotatable bonds is 26. The first-order valence-electron chi connectivity index (χ1n) is 43.7. The van der Waals surface area contributed by atoms with E-state index in [4.69, 9.17) is 95.1 Å². The van der Waals surface area contributed by atoms with Gasteiger partial charge in [0.05, 0.1) is 72.2 Å². The number of pyridine rings is 2. The van der Waals surface area contributed by atoms with Crippen LogP contribution >= 0.6 is 71.0 Å². The van der Waals surface area contributed by atoms with Crippen LogP contribution in [0.25, 0.3) is 56.0 Å². The maximum Gasteiger partial charge on any atom is 0.494 e. The minimum Gasteiger partial charge on any atom is -0.456 e. The summed E-state index contributed by atoms with van der Waals surface area (Å²) in [7, 11) is -9.90. The number of hydrogen-bond donors (Lipinski definition) is 3. The molecule has 0 spiro atoms. The molecule has 128 heavy (non-hydrogen) atoms. The van der Waals surface area contributed by atoms with Crippen molar-refractivity contribution in [2.75, 3.05) is 97.7 Å². The van der Waals surface area contributed by atoms with Crippen LogP contribution in [0.4, 0.5) is 0 Å². The summed E-state index contributed by atoms with van der Waals surface area (Å²) in [6.07, 6.45) is 7.87. The highest BCUT2D eigenvalue weighted by Crippen LogP contribution is 2.40. The minimum absolute atomic E-state index is 0.214. The number of aliphatic hydroxyl groups excluding tert-OH is 2. The Bertz CT molecular complexity index is 5610. The zero-order valence-corrected chi connectivity index (χ0v) is 86.0. The second-order valence-corrected chi connectivity index (χ2v) is 58.2. The van der Waals surface area contributed by atoms with Gasteiger partial charge in [-0.3, -0.25) is 9.13 Å². The molecular weight excluding hydrogens is 1960 g/mol. The fourth-order valence-corrected chi connectivity index (χ4v) is 22.3. The van der Waals surface area contributed by atoms with Gasteiger partial charge in [-0.05, 0) is 148 Å². The van der Waals surface area contributed by atoms with Crippen LogP contribution in [0.5, 0.6) is 12.0 Å². The average molecular weight is 2090 g/mol. The maximum atomic E-state index is 13.0. The Morgan fingerprint density at radius 3 is 1.21 bits per heavy atom. The summed E-state index contributed by atoms with van der Waals surface area (Å²) in [6.45, 7) is 31.0. The second kappa shape index (κ2) is 43.6. The molecule has 17 rings (SSSR count). The number of nitrogens with one attached hydrogen (secondary N) is 1. The number of halogens is 5. The Morgan fingerprint density at radius 2 is 0.844 bits per heavy atom. The topological polar surface area (TPSA) is 304 Å². The molecule has 8 fully saturated rings. The van der Waals surface area contributed by atoms with E-state index in [0.717, 1.165) is 143 Å². The first-order valence-corrected chi connectivity index (χ1v) is 60.3. The summed E-state index contributed by atoms with van der Waals surface area (Å²) in [6, 6.07) is 46.9. The van der Waals surface area contributed by atoms with Crippen molar-refractivity contribution >= 4 is 152 Å². The maximum absolute atomic E-state index is 13.0. The average Bonchev–Trinajstić information content (AvgIpc) is 1.61. The molecule has 27 nitrogen and oxygen atoms in total. The van der Waals surface area contributed by atoms with Gasteiger partial charge >= 0.3 is 19.1 Å². The molecule has 8 aliphatic heterocycles. The third-order valence-electron chi connectivity index (χ3n) is 23.9. The molecule has 5 aromatic carbocycles. The van der Waals surface area contributed by atoms with E-state index in [9.17, 15) is 22.8 Å². The van der Waals surface area contributed by atoms with Crippen LogP contribution in [0, 0.1) is 4.78 Å². The predicted octanol–water partition coefficient (Wildman–Crippen LogP) is 17.6. The molecule has 8 saturated heterocycles. The Hall–Kier alpha value is -5.21. The van der Waals surface area contributed by atoms with E-state index >= 15 is 0 Å². The lowest BCUT2D eigenvalue weighted by molar-refractivity contribution is 0.00332. The molecule has 0 bridgehead atoms. The molecule has 12 heterocycles. The van der Waals surface area contributed by atoms with Crippen molar-refractivity contribution in [1.82, 2.24) is 42.0 Å². The number of nitrogens with zero attached hydrogens (tertiary/aromatic N) is 11. The number of aliphatic hydroxyl groups is 2. The summed E-state index contributed by atoms with van der Waals surface area (Å²) < 4.78 is 125. The predicted molar refractivity (Wildman–Crippen MR) is 526 cm³/mol. The number of benzene rings is 5. The molecular formula is C90H122BBr3Cl2N12O15S3Si2. The number of fused-ring (bicyclic) bond motifs is 4. The summed E-state index contributed by atoms with van der Waals surface area (Å²) in [5.74, 6) is 0. The van der Waals surface area contributed by atoms with Gasteiger partial charge in [-0.2, -0.15) is 9.97 Å². The molecule has 8 aliphatic rings. The van der Waals surface area contributed by atoms with Crippen LogP contribution in [0.2, 0.25) is 61.4 Å². The second-order valence-electron chi connectivity index (χ2n) is 37.0. The van der Waals surface area contributed by atoms with Gasteiger partial charge in [-0.25, -0.2) is 49.0 Å². The van der Waals surface area contributed by atoms with E-state index in [2.05, 4.69) is 132 Å². The quantitative estimate of drug-likeness (QED) is 0.0258. The number of aromatic nitrogens is 6. The monoisotopic (exact) mass is 2080 g/mol. The highest BCUT2D eigenvalue weighted by atomic mass is 79.9. The summed E-state index contributed by atoms with van der Waals surface area (Å²) in [5.41, 5.74) is 11.0. The molecule has 0 saturated carbocycles. The molecule has 11 atom stereocenters. The van der Waals surface area contributed by atoms with Gasteiger partial charge < -0.3 is 57.4 Å². The van der Waals surface area contributed by atoms with Crippen LogP contribution < -0.4 is 14.9 Å². The van der Waals surface area contributed by atoms with Gasteiger partial charge in [-0.1, -0.05) is 207 Å². The van der Waals surface area contributed by atoms with E-state index in [1.54, 1.807) is 22.9 Å². The van der Waals surface area contributed by atoms with Gasteiger partial charge in [0, 0.05) is 113 Å². The van der Waals surface area contributed by atoms with Crippen molar-refractivity contribution < 1.29 is 70.0 Å². The van der Waals surface area contributed by atoms with E-state index in [1.807, 2.05) is 136 Å². The SMILES string of the molecule is BrCc1ccc(Br)cc1.CC1(C)OB(c2ccc(-c3nc4c(cc3Cl)nc(O[C@@H]3CO[C@H]5[C@@H]3OC[C@H]5O)n4COCC[Si](C)(C)C)cc2)OC1(C)C.CS(=N)(=O)N1CCCC1.CS(=O)(=NCc1ccc(Br)cc1)N1CCCC1.C[Si](C)(C)CCOCn1c(O[C@@H]2CO[C@H]3[C@@H]2OC[C@H]3O)nc2cc(Cl)c(-c3ccc(-c4ccc(CN=S(C)(=O)N5CCCC5)cc4)cc3)nc21. The molecule has 3 unspecified atom stereocenters. The number of alkyl halides is 1. The van der Waals surface area contributed by atoms with Crippen molar-refractivity contribution in [3.63, 3.8) is 0 Å². The lowest BCUT2D eigenvalue weighted by atomic mass is 9.79. The fraction of sp³-hybridized carbons (Fsp3) is 0.533. The molecule has 38 heteroatoms. The van der Waals surface area contributed by atoms with Crippen LogP contribution in [-0.4, -0.2) is 246 Å². The Balaban J connectivity index is 0.000000160. The third kappa shape index (κ3) is 26.3. The van der Waals surface area contributed by atoms with Gasteiger partial charge in [0.1, 0.15) is 90.9 Å². The molecule has 0 amide bonds. The first-order chi connectivity index (χ1) is 60.7. The molecule has 3 N–H and O–H groups in total.